The summed E-state index contributed by atoms with van der Waals surface area (Å²) in [7, 11) is 0. The van der Waals surface area contributed by atoms with E-state index in [1.165, 1.54) is 37.0 Å². The first kappa shape index (κ1) is 13.1. The Morgan fingerprint density at radius 2 is 2.26 bits per heavy atom. The number of rotatable bonds is 4. The topological polar surface area (TPSA) is 34.9 Å². The molecule has 0 saturated heterocycles. The second-order valence-electron chi connectivity index (χ2n) is 4.96. The van der Waals surface area contributed by atoms with Gasteiger partial charge in [0.15, 0.2) is 5.78 Å². The van der Waals surface area contributed by atoms with Crippen molar-refractivity contribution in [2.24, 2.45) is 0 Å². The summed E-state index contributed by atoms with van der Waals surface area (Å²) >= 11 is 4.92. The van der Waals surface area contributed by atoms with Crippen molar-refractivity contribution in [1.29, 1.82) is 0 Å². The van der Waals surface area contributed by atoms with Crippen molar-refractivity contribution >= 4 is 33.0 Å². The molecule has 0 aromatic carbocycles. The molecular weight excluding hydrogens is 324 g/mol. The number of ketones is 1. The standard InChI is InChI=1S/C14H15BrN2OS/c15-14-7-10(9-19-14)13(18)8-11-5-6-17(16-11)12-3-1-2-4-12/h5-7,9,12H,1-4,8H2. The monoisotopic (exact) mass is 338 g/mol. The molecule has 2 heterocycles. The Balaban J connectivity index is 1.68. The maximum Gasteiger partial charge on any atom is 0.169 e. The van der Waals surface area contributed by atoms with E-state index in [9.17, 15) is 4.79 Å². The highest BCUT2D eigenvalue weighted by molar-refractivity contribution is 9.11. The number of hydrogen-bond acceptors (Lipinski definition) is 3. The molecule has 0 radical (unpaired) electrons. The molecule has 0 aliphatic heterocycles. The molecule has 3 nitrogen and oxygen atoms in total. The lowest BCUT2D eigenvalue weighted by atomic mass is 10.1. The van der Waals surface area contributed by atoms with E-state index in [0.29, 0.717) is 12.5 Å². The number of nitrogens with zero attached hydrogens (tertiary/aromatic N) is 2. The van der Waals surface area contributed by atoms with Crippen molar-refractivity contribution in [2.75, 3.05) is 0 Å². The SMILES string of the molecule is O=C(Cc1ccn(C2CCCC2)n1)c1csc(Br)c1. The van der Waals surface area contributed by atoms with Crippen LogP contribution in [-0.4, -0.2) is 15.6 Å². The molecule has 100 valence electrons. The van der Waals surface area contributed by atoms with Crippen LogP contribution < -0.4 is 0 Å². The lowest BCUT2D eigenvalue weighted by molar-refractivity contribution is 0.0992. The first-order chi connectivity index (χ1) is 9.22. The first-order valence-electron chi connectivity index (χ1n) is 6.53. The number of carbonyl (C=O) groups excluding carboxylic acids is 1. The molecule has 1 saturated carbocycles. The third-order valence-electron chi connectivity index (χ3n) is 3.59. The van der Waals surface area contributed by atoms with Gasteiger partial charge in [-0.1, -0.05) is 12.8 Å². The fourth-order valence-electron chi connectivity index (χ4n) is 2.57. The predicted molar refractivity (Wildman–Crippen MR) is 79.8 cm³/mol. The van der Waals surface area contributed by atoms with Crippen molar-refractivity contribution < 1.29 is 4.79 Å². The van der Waals surface area contributed by atoms with Gasteiger partial charge in [0.2, 0.25) is 0 Å². The molecule has 0 atom stereocenters. The summed E-state index contributed by atoms with van der Waals surface area (Å²) < 4.78 is 3.03. The van der Waals surface area contributed by atoms with Gasteiger partial charge in [0.25, 0.3) is 0 Å². The van der Waals surface area contributed by atoms with Gasteiger partial charge in [-0.2, -0.15) is 5.10 Å². The highest BCUT2D eigenvalue weighted by Gasteiger charge is 2.18. The number of Topliss-reactive ketones (excluding diaryl/α,β-unsaturated/α-hetero) is 1. The van der Waals surface area contributed by atoms with E-state index in [1.807, 2.05) is 28.4 Å². The van der Waals surface area contributed by atoms with Gasteiger partial charge in [0, 0.05) is 17.1 Å². The zero-order valence-corrected chi connectivity index (χ0v) is 12.9. The van der Waals surface area contributed by atoms with Crippen molar-refractivity contribution in [3.05, 3.63) is 38.8 Å². The first-order valence-corrected chi connectivity index (χ1v) is 8.21. The molecule has 0 amide bonds. The maximum atomic E-state index is 12.1. The van der Waals surface area contributed by atoms with Gasteiger partial charge in [-0.25, -0.2) is 0 Å². The third-order valence-corrected chi connectivity index (χ3v) is 5.10. The second kappa shape index (κ2) is 5.59. The van der Waals surface area contributed by atoms with E-state index in [2.05, 4.69) is 21.0 Å². The summed E-state index contributed by atoms with van der Waals surface area (Å²) in [6, 6.07) is 4.39. The minimum Gasteiger partial charge on any atom is -0.294 e. The van der Waals surface area contributed by atoms with Gasteiger partial charge in [0.05, 0.1) is 21.9 Å². The van der Waals surface area contributed by atoms with E-state index in [1.54, 1.807) is 0 Å². The molecule has 1 aliphatic carbocycles. The third kappa shape index (κ3) is 2.98. The van der Waals surface area contributed by atoms with E-state index >= 15 is 0 Å². The lowest BCUT2D eigenvalue weighted by Gasteiger charge is -2.08. The highest BCUT2D eigenvalue weighted by Crippen LogP contribution is 2.29. The molecule has 0 bridgehead atoms. The van der Waals surface area contributed by atoms with Gasteiger partial charge < -0.3 is 0 Å². The number of thiophene rings is 1. The number of aromatic nitrogens is 2. The van der Waals surface area contributed by atoms with E-state index < -0.39 is 0 Å². The van der Waals surface area contributed by atoms with E-state index in [0.717, 1.165) is 15.0 Å². The Kier molecular flexibility index (Phi) is 3.84. The highest BCUT2D eigenvalue weighted by atomic mass is 79.9. The Morgan fingerprint density at radius 3 is 2.95 bits per heavy atom. The normalized spacial score (nSPS) is 16.1. The Morgan fingerprint density at radius 1 is 1.47 bits per heavy atom. The molecule has 5 heteroatoms. The summed E-state index contributed by atoms with van der Waals surface area (Å²) in [5, 5.41) is 6.44. The lowest BCUT2D eigenvalue weighted by Crippen LogP contribution is -2.07. The van der Waals surface area contributed by atoms with Crippen LogP contribution in [0.25, 0.3) is 0 Å². The molecule has 0 unspecified atom stereocenters. The molecule has 19 heavy (non-hydrogen) atoms. The molecule has 1 aliphatic rings. The number of halogens is 1. The van der Waals surface area contributed by atoms with Gasteiger partial charge in [-0.3, -0.25) is 9.48 Å². The summed E-state index contributed by atoms with van der Waals surface area (Å²) in [6.07, 6.45) is 7.42. The molecule has 1 fully saturated rings. The Labute approximate surface area is 124 Å². The van der Waals surface area contributed by atoms with Crippen LogP contribution in [0, 0.1) is 0 Å². The van der Waals surface area contributed by atoms with Crippen molar-refractivity contribution in [3.8, 4) is 0 Å². The molecule has 3 rings (SSSR count). The van der Waals surface area contributed by atoms with Gasteiger partial charge in [0.1, 0.15) is 0 Å². The summed E-state index contributed by atoms with van der Waals surface area (Å²) in [6.45, 7) is 0. The van der Waals surface area contributed by atoms with Crippen LogP contribution in [-0.2, 0) is 6.42 Å². The van der Waals surface area contributed by atoms with Crippen LogP contribution >= 0.6 is 27.3 Å². The fraction of sp³-hybridized carbons (Fsp3) is 0.429. The maximum absolute atomic E-state index is 12.1. The van der Waals surface area contributed by atoms with Crippen molar-refractivity contribution in [3.63, 3.8) is 0 Å². The molecule has 0 N–H and O–H groups in total. The van der Waals surface area contributed by atoms with Gasteiger partial charge in [-0.15, -0.1) is 11.3 Å². The van der Waals surface area contributed by atoms with Crippen molar-refractivity contribution in [2.45, 2.75) is 38.1 Å². The minimum absolute atomic E-state index is 0.138. The van der Waals surface area contributed by atoms with Crippen LogP contribution in [0.2, 0.25) is 0 Å². The Hall–Kier alpha value is -0.940. The number of hydrogen-bond donors (Lipinski definition) is 0. The minimum atomic E-state index is 0.138. The zero-order valence-electron chi connectivity index (χ0n) is 10.5. The fourth-order valence-corrected chi connectivity index (χ4v) is 3.73. The molecule has 0 spiro atoms. The zero-order chi connectivity index (χ0) is 13.2. The predicted octanol–water partition coefficient (Wildman–Crippen LogP) is 4.25. The average molecular weight is 339 g/mol. The molecule has 2 aromatic heterocycles. The van der Waals surface area contributed by atoms with E-state index in [4.69, 9.17) is 0 Å². The summed E-state index contributed by atoms with van der Waals surface area (Å²) in [5.74, 6) is 0.138. The summed E-state index contributed by atoms with van der Waals surface area (Å²) in [4.78, 5) is 12.1. The average Bonchev–Trinajstić information content (AvgIpc) is 3.07. The van der Waals surface area contributed by atoms with Crippen LogP contribution in [0.3, 0.4) is 0 Å². The van der Waals surface area contributed by atoms with Crippen LogP contribution in [0.1, 0.15) is 47.8 Å². The van der Waals surface area contributed by atoms with Crippen LogP contribution in [0.5, 0.6) is 0 Å². The smallest absolute Gasteiger partial charge is 0.169 e. The summed E-state index contributed by atoms with van der Waals surface area (Å²) in [5.41, 5.74) is 1.64. The Bertz CT molecular complexity index is 584. The van der Waals surface area contributed by atoms with Gasteiger partial charge in [-0.05, 0) is 40.9 Å². The second-order valence-corrected chi connectivity index (χ2v) is 7.26. The van der Waals surface area contributed by atoms with Crippen molar-refractivity contribution in [1.82, 2.24) is 9.78 Å². The van der Waals surface area contributed by atoms with E-state index in [-0.39, 0.29) is 5.78 Å². The molecule has 2 aromatic rings. The van der Waals surface area contributed by atoms with Crippen LogP contribution in [0.15, 0.2) is 27.5 Å². The van der Waals surface area contributed by atoms with Crippen LogP contribution in [0.4, 0.5) is 0 Å². The largest absolute Gasteiger partial charge is 0.294 e. The molecular formula is C14H15BrN2OS. The quantitative estimate of drug-likeness (QED) is 0.781. The number of carbonyl (C=O) groups is 1. The van der Waals surface area contributed by atoms with Gasteiger partial charge >= 0.3 is 0 Å².